The molecule has 2 atom stereocenters. The molecule has 4 nitrogen and oxygen atoms in total. The first-order valence-corrected chi connectivity index (χ1v) is 6.88. The molecule has 1 aliphatic rings. The minimum atomic E-state index is 0.0241. The average molecular weight is 275 g/mol. The van der Waals surface area contributed by atoms with Gasteiger partial charge in [-0.1, -0.05) is 18.7 Å². The van der Waals surface area contributed by atoms with Gasteiger partial charge in [-0.05, 0) is 32.0 Å². The highest BCUT2D eigenvalue weighted by atomic mass is 16.5. The molecule has 1 amide bonds. The van der Waals surface area contributed by atoms with Gasteiger partial charge in [0.15, 0.2) is 0 Å². The molecule has 4 heteroatoms. The summed E-state index contributed by atoms with van der Waals surface area (Å²) in [5.41, 5.74) is 0.646. The number of hydrogen-bond donors (Lipinski definition) is 0. The Morgan fingerprint density at radius 1 is 1.45 bits per heavy atom. The SMILES string of the molecule is C=CCOc1cccc(C(=O)N2CC(C)OC(C)C2)c1. The molecule has 0 bridgehead atoms. The third-order valence-electron chi connectivity index (χ3n) is 3.16. The summed E-state index contributed by atoms with van der Waals surface area (Å²) < 4.78 is 11.1. The molecule has 108 valence electrons. The van der Waals surface area contributed by atoms with Crippen molar-refractivity contribution in [1.29, 1.82) is 0 Å². The Kier molecular flexibility index (Phi) is 4.79. The zero-order chi connectivity index (χ0) is 14.5. The lowest BCUT2D eigenvalue weighted by Crippen LogP contribution is -2.48. The number of morpholine rings is 1. The molecule has 1 saturated heterocycles. The summed E-state index contributed by atoms with van der Waals surface area (Å²) in [4.78, 5) is 14.4. The normalized spacial score (nSPS) is 22.4. The Hall–Kier alpha value is -1.81. The highest BCUT2D eigenvalue weighted by Gasteiger charge is 2.26. The predicted octanol–water partition coefficient (Wildman–Crippen LogP) is 2.50. The van der Waals surface area contributed by atoms with E-state index in [0.717, 1.165) is 0 Å². The molecule has 0 spiro atoms. The van der Waals surface area contributed by atoms with Crippen molar-refractivity contribution in [1.82, 2.24) is 4.90 Å². The second-order valence-corrected chi connectivity index (χ2v) is 5.09. The van der Waals surface area contributed by atoms with Crippen molar-refractivity contribution in [2.45, 2.75) is 26.1 Å². The van der Waals surface area contributed by atoms with Crippen LogP contribution in [0.25, 0.3) is 0 Å². The fourth-order valence-electron chi connectivity index (χ4n) is 2.40. The van der Waals surface area contributed by atoms with Gasteiger partial charge in [-0.3, -0.25) is 4.79 Å². The third kappa shape index (κ3) is 3.61. The number of nitrogens with zero attached hydrogens (tertiary/aromatic N) is 1. The number of hydrogen-bond acceptors (Lipinski definition) is 3. The zero-order valence-corrected chi connectivity index (χ0v) is 12.0. The van der Waals surface area contributed by atoms with E-state index in [1.165, 1.54) is 0 Å². The molecule has 1 fully saturated rings. The zero-order valence-electron chi connectivity index (χ0n) is 12.0. The van der Waals surface area contributed by atoms with Gasteiger partial charge >= 0.3 is 0 Å². The third-order valence-corrected chi connectivity index (χ3v) is 3.16. The van der Waals surface area contributed by atoms with Crippen molar-refractivity contribution in [2.75, 3.05) is 19.7 Å². The van der Waals surface area contributed by atoms with E-state index in [4.69, 9.17) is 9.47 Å². The van der Waals surface area contributed by atoms with Crippen molar-refractivity contribution >= 4 is 5.91 Å². The van der Waals surface area contributed by atoms with Gasteiger partial charge in [0.05, 0.1) is 12.2 Å². The van der Waals surface area contributed by atoms with E-state index in [1.54, 1.807) is 12.1 Å². The summed E-state index contributed by atoms with van der Waals surface area (Å²) in [6.07, 6.45) is 1.82. The van der Waals surface area contributed by atoms with Crippen LogP contribution in [0, 0.1) is 0 Å². The summed E-state index contributed by atoms with van der Waals surface area (Å²) in [5.74, 6) is 0.709. The van der Waals surface area contributed by atoms with Crippen molar-refractivity contribution < 1.29 is 14.3 Å². The van der Waals surface area contributed by atoms with Crippen LogP contribution in [0.2, 0.25) is 0 Å². The smallest absolute Gasteiger partial charge is 0.254 e. The van der Waals surface area contributed by atoms with E-state index >= 15 is 0 Å². The molecular formula is C16H21NO3. The van der Waals surface area contributed by atoms with Gasteiger partial charge in [0.2, 0.25) is 0 Å². The summed E-state index contributed by atoms with van der Waals surface area (Å²) in [7, 11) is 0. The van der Waals surface area contributed by atoms with E-state index in [9.17, 15) is 4.79 Å². The van der Waals surface area contributed by atoms with Crippen LogP contribution in [0.5, 0.6) is 5.75 Å². The lowest BCUT2D eigenvalue weighted by Gasteiger charge is -2.35. The highest BCUT2D eigenvalue weighted by Crippen LogP contribution is 2.18. The molecule has 2 unspecified atom stereocenters. The van der Waals surface area contributed by atoms with Crippen molar-refractivity contribution in [3.63, 3.8) is 0 Å². The first-order chi connectivity index (χ1) is 9.60. The van der Waals surface area contributed by atoms with E-state index in [2.05, 4.69) is 6.58 Å². The molecule has 1 aromatic carbocycles. The Morgan fingerprint density at radius 2 is 2.15 bits per heavy atom. The molecular weight excluding hydrogens is 254 g/mol. The summed E-state index contributed by atoms with van der Waals surface area (Å²) >= 11 is 0. The van der Waals surface area contributed by atoms with Crippen LogP contribution in [-0.2, 0) is 4.74 Å². The minimum absolute atomic E-state index is 0.0241. The number of benzene rings is 1. The van der Waals surface area contributed by atoms with E-state index < -0.39 is 0 Å². The molecule has 2 rings (SSSR count). The molecule has 0 saturated carbocycles. The van der Waals surface area contributed by atoms with Gasteiger partial charge in [-0.2, -0.15) is 0 Å². The van der Waals surface area contributed by atoms with Crippen molar-refractivity contribution in [3.05, 3.63) is 42.5 Å². The Bertz CT molecular complexity index is 476. The van der Waals surface area contributed by atoms with Crippen LogP contribution in [0.15, 0.2) is 36.9 Å². The van der Waals surface area contributed by atoms with Crippen molar-refractivity contribution in [2.24, 2.45) is 0 Å². The molecule has 0 N–H and O–H groups in total. The first kappa shape index (κ1) is 14.6. The van der Waals surface area contributed by atoms with Gasteiger partial charge in [0, 0.05) is 18.7 Å². The van der Waals surface area contributed by atoms with Gasteiger partial charge in [-0.15, -0.1) is 0 Å². The maximum Gasteiger partial charge on any atom is 0.254 e. The number of carbonyl (C=O) groups is 1. The van der Waals surface area contributed by atoms with Crippen LogP contribution < -0.4 is 4.74 Å². The molecule has 0 aromatic heterocycles. The Balaban J connectivity index is 2.10. The number of rotatable bonds is 4. The number of amides is 1. The van der Waals surface area contributed by atoms with E-state index in [-0.39, 0.29) is 18.1 Å². The van der Waals surface area contributed by atoms with Gasteiger partial charge < -0.3 is 14.4 Å². The van der Waals surface area contributed by atoms with Gasteiger partial charge in [-0.25, -0.2) is 0 Å². The van der Waals surface area contributed by atoms with Crippen LogP contribution in [-0.4, -0.2) is 42.7 Å². The average Bonchev–Trinajstić information content (AvgIpc) is 2.43. The summed E-state index contributed by atoms with van der Waals surface area (Å²) in [6, 6.07) is 7.26. The lowest BCUT2D eigenvalue weighted by atomic mass is 10.1. The summed E-state index contributed by atoms with van der Waals surface area (Å²) in [6.45, 7) is 9.27. The van der Waals surface area contributed by atoms with Crippen LogP contribution >= 0.6 is 0 Å². The second kappa shape index (κ2) is 6.57. The van der Waals surface area contributed by atoms with Gasteiger partial charge in [0.1, 0.15) is 12.4 Å². The molecule has 1 heterocycles. The standard InChI is InChI=1S/C16H21NO3/c1-4-8-19-15-7-5-6-14(9-15)16(18)17-10-12(2)20-13(3)11-17/h4-7,9,12-13H,1,8,10-11H2,2-3H3. The largest absolute Gasteiger partial charge is 0.490 e. The monoisotopic (exact) mass is 275 g/mol. The number of carbonyl (C=O) groups excluding carboxylic acids is 1. The lowest BCUT2D eigenvalue weighted by molar-refractivity contribution is -0.0586. The second-order valence-electron chi connectivity index (χ2n) is 5.09. The van der Waals surface area contributed by atoms with E-state index in [0.29, 0.717) is 31.0 Å². The maximum atomic E-state index is 12.5. The quantitative estimate of drug-likeness (QED) is 0.793. The first-order valence-electron chi connectivity index (χ1n) is 6.88. The minimum Gasteiger partial charge on any atom is -0.490 e. The fraction of sp³-hybridized carbons (Fsp3) is 0.438. The van der Waals surface area contributed by atoms with Gasteiger partial charge in [0.25, 0.3) is 5.91 Å². The highest BCUT2D eigenvalue weighted by molar-refractivity contribution is 5.94. The molecule has 1 aromatic rings. The predicted molar refractivity (Wildman–Crippen MR) is 78.0 cm³/mol. The molecule has 1 aliphatic heterocycles. The molecule has 0 radical (unpaired) electrons. The van der Waals surface area contributed by atoms with Crippen LogP contribution in [0.3, 0.4) is 0 Å². The topological polar surface area (TPSA) is 38.8 Å². The summed E-state index contributed by atoms with van der Waals surface area (Å²) in [5, 5.41) is 0. The maximum absolute atomic E-state index is 12.5. The van der Waals surface area contributed by atoms with Crippen LogP contribution in [0.4, 0.5) is 0 Å². The molecule has 0 aliphatic carbocycles. The Morgan fingerprint density at radius 3 is 2.80 bits per heavy atom. The number of ether oxygens (including phenoxy) is 2. The molecule has 20 heavy (non-hydrogen) atoms. The van der Waals surface area contributed by atoms with Crippen LogP contribution in [0.1, 0.15) is 24.2 Å². The van der Waals surface area contributed by atoms with Crippen molar-refractivity contribution in [3.8, 4) is 5.75 Å². The fourth-order valence-corrected chi connectivity index (χ4v) is 2.40. The van der Waals surface area contributed by atoms with E-state index in [1.807, 2.05) is 36.9 Å². The Labute approximate surface area is 120 Å².